The summed E-state index contributed by atoms with van der Waals surface area (Å²) in [5.41, 5.74) is 1.88. The summed E-state index contributed by atoms with van der Waals surface area (Å²) in [7, 11) is 4.31. The van der Waals surface area contributed by atoms with Crippen LogP contribution in [0.4, 0.5) is 0 Å². The van der Waals surface area contributed by atoms with Gasteiger partial charge in [0.1, 0.15) is 0 Å². The Balaban J connectivity index is 2.27. The monoisotopic (exact) mass is 241 g/mol. The lowest BCUT2D eigenvalue weighted by Gasteiger charge is -2.26. The van der Waals surface area contributed by atoms with Crippen LogP contribution in [0.3, 0.4) is 0 Å². The average molecular weight is 241 g/mol. The molecule has 0 fully saturated rings. The Hall–Kier alpha value is -0.450. The minimum atomic E-state index is 0.618. The number of likely N-dealkylation sites (N-methyl/N-ethyl adjacent to an activating group) is 1. The van der Waals surface area contributed by atoms with Crippen LogP contribution in [0, 0.1) is 5.92 Å². The van der Waals surface area contributed by atoms with Crippen molar-refractivity contribution in [3.63, 3.8) is 0 Å². The molecule has 0 saturated carbocycles. The summed E-state index contributed by atoms with van der Waals surface area (Å²) in [6, 6.07) is 0.618. The van der Waals surface area contributed by atoms with Gasteiger partial charge in [-0.25, -0.2) is 0 Å². The van der Waals surface area contributed by atoms with Crippen LogP contribution in [0.2, 0.25) is 0 Å². The summed E-state index contributed by atoms with van der Waals surface area (Å²) in [6.45, 7) is 6.54. The summed E-state index contributed by atoms with van der Waals surface area (Å²) < 4.78 is 0. The molecule has 0 aliphatic heterocycles. The van der Waals surface area contributed by atoms with Gasteiger partial charge >= 0.3 is 0 Å². The standard InChI is InChI=1S/C12H23N3S/c1-10(2)5-11(15(3)4)6-13-7-12-8-14-9-16-12/h8-11,13H,5-7H2,1-4H3. The van der Waals surface area contributed by atoms with Crippen LogP contribution >= 0.6 is 11.3 Å². The zero-order valence-electron chi connectivity index (χ0n) is 10.7. The second-order valence-electron chi connectivity index (χ2n) is 4.85. The van der Waals surface area contributed by atoms with Crippen molar-refractivity contribution < 1.29 is 0 Å². The summed E-state index contributed by atoms with van der Waals surface area (Å²) in [5.74, 6) is 0.748. The second-order valence-corrected chi connectivity index (χ2v) is 5.82. The maximum atomic E-state index is 4.07. The van der Waals surface area contributed by atoms with E-state index >= 15 is 0 Å². The smallest absolute Gasteiger partial charge is 0.0794 e. The van der Waals surface area contributed by atoms with Gasteiger partial charge in [-0.05, 0) is 26.4 Å². The minimum absolute atomic E-state index is 0.618. The van der Waals surface area contributed by atoms with Crippen molar-refractivity contribution >= 4 is 11.3 Å². The first kappa shape index (κ1) is 13.6. The molecule has 0 radical (unpaired) electrons. The summed E-state index contributed by atoms with van der Waals surface area (Å²) in [4.78, 5) is 7.68. The van der Waals surface area contributed by atoms with Crippen LogP contribution in [0.15, 0.2) is 11.7 Å². The van der Waals surface area contributed by atoms with E-state index in [-0.39, 0.29) is 0 Å². The predicted octanol–water partition coefficient (Wildman–Crippen LogP) is 2.21. The lowest BCUT2D eigenvalue weighted by molar-refractivity contribution is 0.247. The van der Waals surface area contributed by atoms with E-state index in [2.05, 4.69) is 43.1 Å². The Labute approximate surface area is 103 Å². The van der Waals surface area contributed by atoms with Gasteiger partial charge in [-0.1, -0.05) is 13.8 Å². The number of hydrogen-bond acceptors (Lipinski definition) is 4. The molecule has 1 heterocycles. The average Bonchev–Trinajstić information content (AvgIpc) is 2.68. The minimum Gasteiger partial charge on any atom is -0.310 e. The largest absolute Gasteiger partial charge is 0.310 e. The highest BCUT2D eigenvalue weighted by Gasteiger charge is 2.12. The van der Waals surface area contributed by atoms with E-state index in [1.807, 2.05) is 11.7 Å². The van der Waals surface area contributed by atoms with E-state index < -0.39 is 0 Å². The molecule has 4 heteroatoms. The van der Waals surface area contributed by atoms with Crippen molar-refractivity contribution in [3.8, 4) is 0 Å². The maximum absolute atomic E-state index is 4.07. The molecular formula is C12H23N3S. The zero-order chi connectivity index (χ0) is 12.0. The molecule has 0 aliphatic carbocycles. The fraction of sp³-hybridized carbons (Fsp3) is 0.750. The third-order valence-electron chi connectivity index (χ3n) is 2.64. The van der Waals surface area contributed by atoms with Crippen LogP contribution in [0.25, 0.3) is 0 Å². The fourth-order valence-electron chi connectivity index (χ4n) is 1.71. The lowest BCUT2D eigenvalue weighted by Crippen LogP contribution is -2.38. The second kappa shape index (κ2) is 6.99. The molecule has 1 aromatic heterocycles. The molecule has 1 rings (SSSR count). The van der Waals surface area contributed by atoms with Crippen LogP contribution in [-0.2, 0) is 6.54 Å². The van der Waals surface area contributed by atoms with Gasteiger partial charge in [0, 0.05) is 30.2 Å². The quantitative estimate of drug-likeness (QED) is 0.793. The van der Waals surface area contributed by atoms with Gasteiger partial charge in [-0.3, -0.25) is 4.98 Å². The summed E-state index contributed by atoms with van der Waals surface area (Å²) in [5, 5.41) is 3.50. The van der Waals surface area contributed by atoms with Crippen LogP contribution in [0.5, 0.6) is 0 Å². The molecule has 1 atom stereocenters. The maximum Gasteiger partial charge on any atom is 0.0794 e. The van der Waals surface area contributed by atoms with Crippen molar-refractivity contribution in [1.29, 1.82) is 0 Å². The van der Waals surface area contributed by atoms with E-state index in [0.717, 1.165) is 19.0 Å². The van der Waals surface area contributed by atoms with E-state index in [1.54, 1.807) is 11.3 Å². The number of rotatable bonds is 7. The van der Waals surface area contributed by atoms with Gasteiger partial charge in [-0.15, -0.1) is 11.3 Å². The molecule has 1 unspecified atom stereocenters. The Morgan fingerprint density at radius 1 is 1.44 bits per heavy atom. The van der Waals surface area contributed by atoms with Crippen molar-refractivity contribution in [1.82, 2.24) is 15.2 Å². The van der Waals surface area contributed by atoms with Crippen molar-refractivity contribution in [2.75, 3.05) is 20.6 Å². The first-order valence-corrected chi connectivity index (χ1v) is 6.72. The Kier molecular flexibility index (Phi) is 5.95. The molecule has 0 saturated heterocycles. The van der Waals surface area contributed by atoms with Crippen LogP contribution < -0.4 is 5.32 Å². The zero-order valence-corrected chi connectivity index (χ0v) is 11.5. The van der Waals surface area contributed by atoms with Gasteiger partial charge in [0.2, 0.25) is 0 Å². The van der Waals surface area contributed by atoms with Gasteiger partial charge in [0.15, 0.2) is 0 Å². The molecule has 0 bridgehead atoms. The number of nitrogens with one attached hydrogen (secondary N) is 1. The molecule has 0 aromatic carbocycles. The predicted molar refractivity (Wildman–Crippen MR) is 70.8 cm³/mol. The first-order valence-electron chi connectivity index (χ1n) is 5.84. The topological polar surface area (TPSA) is 28.2 Å². The third kappa shape index (κ3) is 5.05. The highest BCUT2D eigenvalue weighted by atomic mass is 32.1. The van der Waals surface area contributed by atoms with Gasteiger partial charge in [0.05, 0.1) is 5.51 Å². The number of thiazole rings is 1. The first-order chi connectivity index (χ1) is 7.59. The summed E-state index contributed by atoms with van der Waals surface area (Å²) >= 11 is 1.71. The Morgan fingerprint density at radius 2 is 2.19 bits per heavy atom. The Morgan fingerprint density at radius 3 is 2.69 bits per heavy atom. The molecule has 0 amide bonds. The van der Waals surface area contributed by atoms with Gasteiger partial charge < -0.3 is 10.2 Å². The van der Waals surface area contributed by atoms with Gasteiger partial charge in [0.25, 0.3) is 0 Å². The van der Waals surface area contributed by atoms with Crippen LogP contribution in [-0.4, -0.2) is 36.6 Å². The van der Waals surface area contributed by atoms with E-state index in [0.29, 0.717) is 6.04 Å². The van der Waals surface area contributed by atoms with Crippen molar-refractivity contribution in [2.24, 2.45) is 5.92 Å². The molecule has 1 N–H and O–H groups in total. The molecule has 16 heavy (non-hydrogen) atoms. The molecule has 0 aliphatic rings. The lowest BCUT2D eigenvalue weighted by atomic mass is 10.0. The molecule has 1 aromatic rings. The number of hydrogen-bond donors (Lipinski definition) is 1. The fourth-order valence-corrected chi connectivity index (χ4v) is 2.28. The highest BCUT2D eigenvalue weighted by molar-refractivity contribution is 7.09. The molecule has 0 spiro atoms. The van der Waals surface area contributed by atoms with E-state index in [9.17, 15) is 0 Å². The highest BCUT2D eigenvalue weighted by Crippen LogP contribution is 2.09. The van der Waals surface area contributed by atoms with Gasteiger partial charge in [-0.2, -0.15) is 0 Å². The number of aromatic nitrogens is 1. The SMILES string of the molecule is CC(C)CC(CNCc1cncs1)N(C)C. The van der Waals surface area contributed by atoms with Crippen molar-refractivity contribution in [3.05, 3.63) is 16.6 Å². The van der Waals surface area contributed by atoms with E-state index in [4.69, 9.17) is 0 Å². The third-order valence-corrected chi connectivity index (χ3v) is 3.42. The van der Waals surface area contributed by atoms with E-state index in [1.165, 1.54) is 11.3 Å². The Bertz CT molecular complexity index is 270. The summed E-state index contributed by atoms with van der Waals surface area (Å²) in [6.07, 6.45) is 3.17. The van der Waals surface area contributed by atoms with Crippen molar-refractivity contribution in [2.45, 2.75) is 32.9 Å². The van der Waals surface area contributed by atoms with Crippen LogP contribution in [0.1, 0.15) is 25.1 Å². The molecule has 3 nitrogen and oxygen atoms in total. The normalized spacial score (nSPS) is 13.6. The number of nitrogens with zero attached hydrogens (tertiary/aromatic N) is 2. The molecule has 92 valence electrons. The molecular weight excluding hydrogens is 218 g/mol.